The summed E-state index contributed by atoms with van der Waals surface area (Å²) >= 11 is 0. The van der Waals surface area contributed by atoms with Crippen molar-refractivity contribution in [2.24, 2.45) is 5.92 Å². The van der Waals surface area contributed by atoms with E-state index >= 15 is 0 Å². The number of nitrogens with zero attached hydrogens (tertiary/aromatic N) is 5. The van der Waals surface area contributed by atoms with Crippen LogP contribution in [0.3, 0.4) is 0 Å². The van der Waals surface area contributed by atoms with Crippen LogP contribution in [0.15, 0.2) is 59.4 Å². The van der Waals surface area contributed by atoms with Gasteiger partial charge >= 0.3 is 0 Å². The van der Waals surface area contributed by atoms with Gasteiger partial charge in [0.25, 0.3) is 5.56 Å². The highest BCUT2D eigenvalue weighted by Crippen LogP contribution is 2.30. The zero-order chi connectivity index (χ0) is 25.1. The molecule has 8 heteroatoms. The van der Waals surface area contributed by atoms with Crippen LogP contribution in [0.4, 0.5) is 0 Å². The second kappa shape index (κ2) is 10.7. The van der Waals surface area contributed by atoms with Crippen LogP contribution < -0.4 is 5.56 Å². The smallest absolute Gasteiger partial charge is 0.252 e. The number of benzene rings is 2. The lowest BCUT2D eigenvalue weighted by Crippen LogP contribution is -2.40. The van der Waals surface area contributed by atoms with Crippen LogP contribution in [-0.2, 0) is 17.8 Å². The second-order valence-corrected chi connectivity index (χ2v) is 10.1. The molecule has 4 aromatic rings. The van der Waals surface area contributed by atoms with Crippen LogP contribution in [0, 0.1) is 12.8 Å². The maximum absolute atomic E-state index is 13.2. The number of hydrogen-bond donors (Lipinski definition) is 1. The molecule has 2 aromatic carbocycles. The van der Waals surface area contributed by atoms with Gasteiger partial charge in [-0.1, -0.05) is 62.4 Å². The van der Waals surface area contributed by atoms with E-state index in [9.17, 15) is 4.79 Å². The van der Waals surface area contributed by atoms with Crippen molar-refractivity contribution < 1.29 is 4.74 Å². The fourth-order valence-corrected chi connectivity index (χ4v) is 5.27. The average Bonchev–Trinajstić information content (AvgIpc) is 3.53. The molecule has 0 amide bonds. The highest BCUT2D eigenvalue weighted by atomic mass is 16.5. The van der Waals surface area contributed by atoms with E-state index in [1.54, 1.807) is 0 Å². The molecule has 1 aliphatic rings. The number of para-hydroxylation sites is 1. The first-order chi connectivity index (χ1) is 17.5. The summed E-state index contributed by atoms with van der Waals surface area (Å²) < 4.78 is 7.91. The lowest BCUT2D eigenvalue weighted by Gasteiger charge is -2.35. The number of aromatic nitrogens is 5. The summed E-state index contributed by atoms with van der Waals surface area (Å²) in [4.78, 5) is 18.6. The molecule has 36 heavy (non-hydrogen) atoms. The highest BCUT2D eigenvalue weighted by Gasteiger charge is 2.32. The van der Waals surface area contributed by atoms with Crippen LogP contribution in [0.5, 0.6) is 0 Å². The van der Waals surface area contributed by atoms with Gasteiger partial charge in [-0.3, -0.25) is 9.69 Å². The quantitative estimate of drug-likeness (QED) is 0.381. The first-order valence-corrected chi connectivity index (χ1v) is 12.8. The molecule has 0 radical (unpaired) electrons. The fraction of sp³-hybridized carbons (Fsp3) is 0.429. The van der Waals surface area contributed by atoms with E-state index in [1.807, 2.05) is 54.1 Å². The first-order valence-electron chi connectivity index (χ1n) is 12.8. The molecular formula is C28H34N6O2. The molecule has 3 heterocycles. The van der Waals surface area contributed by atoms with E-state index in [1.165, 1.54) is 0 Å². The number of aromatic amines is 1. The minimum atomic E-state index is -0.0829. The molecule has 1 fully saturated rings. The van der Waals surface area contributed by atoms with E-state index in [0.717, 1.165) is 52.9 Å². The summed E-state index contributed by atoms with van der Waals surface area (Å²) in [5.74, 6) is 1.02. The number of hydrogen-bond acceptors (Lipinski definition) is 6. The van der Waals surface area contributed by atoms with Gasteiger partial charge in [-0.2, -0.15) is 0 Å². The number of tetrazole rings is 1. The number of ether oxygens (including phenoxy) is 1. The Balaban J connectivity index is 1.51. The van der Waals surface area contributed by atoms with Gasteiger partial charge in [-0.25, -0.2) is 4.68 Å². The molecule has 2 atom stereocenters. The number of rotatable bonds is 9. The average molecular weight is 487 g/mol. The molecule has 0 aliphatic carbocycles. The summed E-state index contributed by atoms with van der Waals surface area (Å²) in [6, 6.07) is 18.2. The first kappa shape index (κ1) is 24.3. The van der Waals surface area contributed by atoms with Gasteiger partial charge in [0.05, 0.1) is 24.2 Å². The lowest BCUT2D eigenvalue weighted by molar-refractivity contribution is 0.0385. The molecule has 0 spiro atoms. The third-order valence-electron chi connectivity index (χ3n) is 7.02. The van der Waals surface area contributed by atoms with Crippen molar-refractivity contribution >= 4 is 10.9 Å². The SMILES string of the molecule is Cc1cccc2cc(CN(C[C@H]3CCCO3)[C@H](c3nnnn3Cc3ccccc3)C(C)C)c(=O)[nH]c12. The van der Waals surface area contributed by atoms with Gasteiger partial charge in [0.15, 0.2) is 5.82 Å². The van der Waals surface area contributed by atoms with Gasteiger partial charge in [0.1, 0.15) is 0 Å². The summed E-state index contributed by atoms with van der Waals surface area (Å²) in [6.45, 7) is 8.96. The Hall–Kier alpha value is -3.36. The summed E-state index contributed by atoms with van der Waals surface area (Å²) in [5, 5.41) is 13.9. The van der Waals surface area contributed by atoms with Crippen molar-refractivity contribution in [2.75, 3.05) is 13.2 Å². The van der Waals surface area contributed by atoms with Crippen LogP contribution in [0.2, 0.25) is 0 Å². The van der Waals surface area contributed by atoms with Gasteiger partial charge in [0.2, 0.25) is 0 Å². The van der Waals surface area contributed by atoms with E-state index in [4.69, 9.17) is 4.74 Å². The lowest BCUT2D eigenvalue weighted by atomic mass is 9.99. The van der Waals surface area contributed by atoms with Crippen LogP contribution in [0.25, 0.3) is 10.9 Å². The third-order valence-corrected chi connectivity index (χ3v) is 7.02. The van der Waals surface area contributed by atoms with Gasteiger partial charge in [0, 0.05) is 25.3 Å². The normalized spacial score (nSPS) is 16.9. The maximum Gasteiger partial charge on any atom is 0.252 e. The Bertz CT molecular complexity index is 1360. The van der Waals surface area contributed by atoms with Gasteiger partial charge < -0.3 is 9.72 Å². The number of H-pyrrole nitrogens is 1. The molecule has 0 unspecified atom stereocenters. The number of pyridine rings is 1. The number of fused-ring (bicyclic) bond motifs is 1. The molecule has 188 valence electrons. The Morgan fingerprint density at radius 1 is 1.17 bits per heavy atom. The van der Waals surface area contributed by atoms with Crippen molar-refractivity contribution in [1.82, 2.24) is 30.1 Å². The molecule has 1 N–H and O–H groups in total. The van der Waals surface area contributed by atoms with Crippen LogP contribution >= 0.6 is 0 Å². The van der Waals surface area contributed by atoms with Crippen molar-refractivity contribution in [3.8, 4) is 0 Å². The van der Waals surface area contributed by atoms with E-state index < -0.39 is 0 Å². The Kier molecular flexibility index (Phi) is 7.25. The van der Waals surface area contributed by atoms with Gasteiger partial charge in [-0.05, 0) is 58.7 Å². The second-order valence-electron chi connectivity index (χ2n) is 10.1. The Labute approximate surface area is 211 Å². The summed E-state index contributed by atoms with van der Waals surface area (Å²) in [5.41, 5.74) is 3.77. The van der Waals surface area contributed by atoms with Crippen LogP contribution in [0.1, 0.15) is 55.2 Å². The molecule has 1 saturated heterocycles. The van der Waals surface area contributed by atoms with E-state index in [-0.39, 0.29) is 23.6 Å². The summed E-state index contributed by atoms with van der Waals surface area (Å²) in [7, 11) is 0. The number of aryl methyl sites for hydroxylation is 1. The molecule has 0 bridgehead atoms. The standard InChI is InChI=1S/C28H34N6O2/c1-19(2)26(27-30-31-32-34(27)16-21-10-5-4-6-11-21)33(18-24-13-8-14-36-24)17-23-15-22-12-7-9-20(3)25(22)29-28(23)35/h4-7,9-12,15,19,24,26H,8,13-14,16-18H2,1-3H3,(H,29,35)/t24-,26+/m1/s1. The molecular weight excluding hydrogens is 452 g/mol. The fourth-order valence-electron chi connectivity index (χ4n) is 5.27. The molecule has 2 aromatic heterocycles. The molecule has 1 aliphatic heterocycles. The molecule has 5 rings (SSSR count). The maximum atomic E-state index is 13.2. The predicted octanol–water partition coefficient (Wildman–Crippen LogP) is 4.25. The van der Waals surface area contributed by atoms with Crippen molar-refractivity contribution in [3.63, 3.8) is 0 Å². The van der Waals surface area contributed by atoms with Gasteiger partial charge in [-0.15, -0.1) is 5.10 Å². The topological polar surface area (TPSA) is 88.9 Å². The van der Waals surface area contributed by atoms with Crippen molar-refractivity contribution in [2.45, 2.75) is 58.8 Å². The highest BCUT2D eigenvalue weighted by molar-refractivity contribution is 5.81. The van der Waals surface area contributed by atoms with Crippen molar-refractivity contribution in [1.29, 1.82) is 0 Å². The Morgan fingerprint density at radius 3 is 2.75 bits per heavy atom. The molecule has 8 nitrogen and oxygen atoms in total. The van der Waals surface area contributed by atoms with Crippen LogP contribution in [-0.4, -0.2) is 49.3 Å². The van der Waals surface area contributed by atoms with E-state index in [2.05, 4.69) is 51.4 Å². The minimum Gasteiger partial charge on any atom is -0.377 e. The van der Waals surface area contributed by atoms with Crippen molar-refractivity contribution in [3.05, 3.63) is 87.5 Å². The minimum absolute atomic E-state index is 0.0551. The Morgan fingerprint density at radius 2 is 2.00 bits per heavy atom. The molecule has 0 saturated carbocycles. The zero-order valence-electron chi connectivity index (χ0n) is 21.2. The largest absolute Gasteiger partial charge is 0.377 e. The number of nitrogens with one attached hydrogen (secondary N) is 1. The van der Waals surface area contributed by atoms with E-state index in [0.29, 0.717) is 19.6 Å². The summed E-state index contributed by atoms with van der Waals surface area (Å²) in [6.07, 6.45) is 2.21. The third kappa shape index (κ3) is 5.24. The predicted molar refractivity (Wildman–Crippen MR) is 140 cm³/mol. The monoisotopic (exact) mass is 486 g/mol. The zero-order valence-corrected chi connectivity index (χ0v) is 21.2.